The molecular formula is C23H24N2O3S2. The Morgan fingerprint density at radius 1 is 1.20 bits per heavy atom. The van der Waals surface area contributed by atoms with Gasteiger partial charge in [-0.25, -0.2) is 0 Å². The SMILES string of the molecule is COc1cccc(C=C2SC(=S)N(CCCC(=O)N(C)Cc3ccccc3)C2=O)c1. The number of benzene rings is 2. The predicted octanol–water partition coefficient (Wildman–Crippen LogP) is 4.34. The van der Waals surface area contributed by atoms with Gasteiger partial charge in [0.25, 0.3) is 5.91 Å². The van der Waals surface area contributed by atoms with Gasteiger partial charge in [0.05, 0.1) is 12.0 Å². The third-order valence-electron chi connectivity index (χ3n) is 4.73. The summed E-state index contributed by atoms with van der Waals surface area (Å²) in [4.78, 5) is 29.0. The summed E-state index contributed by atoms with van der Waals surface area (Å²) in [7, 11) is 3.41. The van der Waals surface area contributed by atoms with E-state index >= 15 is 0 Å². The predicted molar refractivity (Wildman–Crippen MR) is 125 cm³/mol. The zero-order valence-corrected chi connectivity index (χ0v) is 18.7. The Morgan fingerprint density at radius 2 is 1.97 bits per heavy atom. The van der Waals surface area contributed by atoms with Crippen molar-refractivity contribution in [1.82, 2.24) is 9.80 Å². The molecular weight excluding hydrogens is 416 g/mol. The monoisotopic (exact) mass is 440 g/mol. The minimum atomic E-state index is -0.113. The van der Waals surface area contributed by atoms with E-state index in [0.717, 1.165) is 16.9 Å². The van der Waals surface area contributed by atoms with Crippen LogP contribution in [0.3, 0.4) is 0 Å². The molecule has 0 bridgehead atoms. The molecule has 2 aromatic rings. The second-order valence-corrected chi connectivity index (χ2v) is 8.62. The summed E-state index contributed by atoms with van der Waals surface area (Å²) in [6, 6.07) is 17.4. The Hall–Kier alpha value is -2.64. The molecule has 0 spiro atoms. The van der Waals surface area contributed by atoms with E-state index in [1.165, 1.54) is 11.8 Å². The van der Waals surface area contributed by atoms with Crippen molar-refractivity contribution in [1.29, 1.82) is 0 Å². The molecule has 5 nitrogen and oxygen atoms in total. The fourth-order valence-corrected chi connectivity index (χ4v) is 4.41. The van der Waals surface area contributed by atoms with Crippen LogP contribution in [0, 0.1) is 0 Å². The molecule has 0 aliphatic carbocycles. The summed E-state index contributed by atoms with van der Waals surface area (Å²) >= 11 is 6.67. The van der Waals surface area contributed by atoms with E-state index in [0.29, 0.717) is 35.2 Å². The molecule has 1 aliphatic heterocycles. The number of amides is 2. The van der Waals surface area contributed by atoms with Gasteiger partial charge in [-0.1, -0.05) is 66.4 Å². The molecule has 3 rings (SSSR count). The van der Waals surface area contributed by atoms with E-state index < -0.39 is 0 Å². The highest BCUT2D eigenvalue weighted by atomic mass is 32.2. The third kappa shape index (κ3) is 5.70. The summed E-state index contributed by atoms with van der Waals surface area (Å²) in [5.74, 6) is 0.673. The van der Waals surface area contributed by atoms with Crippen LogP contribution in [0.15, 0.2) is 59.5 Å². The van der Waals surface area contributed by atoms with Crippen molar-refractivity contribution in [3.8, 4) is 5.75 Å². The van der Waals surface area contributed by atoms with Crippen LogP contribution >= 0.6 is 24.0 Å². The van der Waals surface area contributed by atoms with Gasteiger partial charge in [0.2, 0.25) is 5.91 Å². The molecule has 0 saturated carbocycles. The molecule has 1 fully saturated rings. The zero-order chi connectivity index (χ0) is 21.5. The summed E-state index contributed by atoms with van der Waals surface area (Å²) < 4.78 is 5.75. The van der Waals surface area contributed by atoms with Gasteiger partial charge in [-0.3, -0.25) is 14.5 Å². The summed E-state index contributed by atoms with van der Waals surface area (Å²) in [6.07, 6.45) is 2.76. The van der Waals surface area contributed by atoms with Crippen molar-refractivity contribution < 1.29 is 14.3 Å². The van der Waals surface area contributed by atoms with Crippen LogP contribution < -0.4 is 4.74 Å². The minimum absolute atomic E-state index is 0.0521. The van der Waals surface area contributed by atoms with Crippen LogP contribution in [0.25, 0.3) is 6.08 Å². The molecule has 0 N–H and O–H groups in total. The van der Waals surface area contributed by atoms with E-state index in [1.807, 2.05) is 60.7 Å². The number of hydrogen-bond donors (Lipinski definition) is 0. The van der Waals surface area contributed by atoms with Crippen molar-refractivity contribution >= 4 is 46.2 Å². The van der Waals surface area contributed by atoms with E-state index in [-0.39, 0.29) is 11.8 Å². The number of carbonyl (C=O) groups excluding carboxylic acids is 2. The van der Waals surface area contributed by atoms with Crippen LogP contribution in [0.4, 0.5) is 0 Å². The Kier molecular flexibility index (Phi) is 7.65. The van der Waals surface area contributed by atoms with Crippen molar-refractivity contribution in [3.05, 3.63) is 70.6 Å². The smallest absolute Gasteiger partial charge is 0.266 e. The number of methoxy groups -OCH3 is 1. The molecule has 0 radical (unpaired) electrons. The summed E-state index contributed by atoms with van der Waals surface area (Å²) in [6.45, 7) is 1.01. The Labute approximate surface area is 186 Å². The van der Waals surface area contributed by atoms with Crippen molar-refractivity contribution in [2.75, 3.05) is 20.7 Å². The van der Waals surface area contributed by atoms with Crippen LogP contribution in [0.5, 0.6) is 5.75 Å². The second-order valence-electron chi connectivity index (χ2n) is 6.95. The molecule has 1 saturated heterocycles. The fraction of sp³-hybridized carbons (Fsp3) is 0.261. The molecule has 1 heterocycles. The normalized spacial score (nSPS) is 15.0. The molecule has 2 amide bonds. The highest BCUT2D eigenvalue weighted by Crippen LogP contribution is 2.33. The number of thiocarbonyl (C=S) groups is 1. The quantitative estimate of drug-likeness (QED) is 0.452. The van der Waals surface area contributed by atoms with Gasteiger partial charge in [0.15, 0.2) is 0 Å². The number of rotatable bonds is 8. The number of hydrogen-bond acceptors (Lipinski definition) is 5. The first-order valence-corrected chi connectivity index (χ1v) is 10.9. The Balaban J connectivity index is 1.53. The standard InChI is InChI=1S/C23H24N2O3S2/c1-24(16-17-8-4-3-5-9-17)21(26)12-7-13-25-22(27)20(30-23(25)29)15-18-10-6-11-19(14-18)28-2/h3-6,8-11,14-15H,7,12-13,16H2,1-2H3. The molecule has 7 heteroatoms. The molecule has 0 unspecified atom stereocenters. The zero-order valence-electron chi connectivity index (χ0n) is 17.0. The minimum Gasteiger partial charge on any atom is -0.497 e. The fourth-order valence-electron chi connectivity index (χ4n) is 3.10. The molecule has 0 aromatic heterocycles. The van der Waals surface area contributed by atoms with Crippen LogP contribution in [0.2, 0.25) is 0 Å². The Morgan fingerprint density at radius 3 is 2.70 bits per heavy atom. The topological polar surface area (TPSA) is 49.9 Å². The highest BCUT2D eigenvalue weighted by Gasteiger charge is 2.31. The van der Waals surface area contributed by atoms with Crippen LogP contribution in [-0.2, 0) is 16.1 Å². The largest absolute Gasteiger partial charge is 0.497 e. The van der Waals surface area contributed by atoms with Gasteiger partial charge in [-0.2, -0.15) is 0 Å². The first kappa shape index (κ1) is 22.1. The maximum Gasteiger partial charge on any atom is 0.266 e. The number of nitrogens with zero attached hydrogens (tertiary/aromatic N) is 2. The summed E-state index contributed by atoms with van der Waals surface area (Å²) in [5.41, 5.74) is 1.97. The van der Waals surface area contributed by atoms with Crippen molar-refractivity contribution in [2.24, 2.45) is 0 Å². The second kappa shape index (κ2) is 10.4. The van der Waals surface area contributed by atoms with Gasteiger partial charge in [0, 0.05) is 26.6 Å². The third-order valence-corrected chi connectivity index (χ3v) is 6.10. The maximum atomic E-state index is 12.7. The number of carbonyl (C=O) groups is 2. The van der Waals surface area contributed by atoms with E-state index in [1.54, 1.807) is 24.0 Å². The first-order valence-electron chi connectivity index (χ1n) is 9.65. The van der Waals surface area contributed by atoms with E-state index in [9.17, 15) is 9.59 Å². The van der Waals surface area contributed by atoms with Gasteiger partial charge < -0.3 is 9.64 Å². The molecule has 2 aromatic carbocycles. The van der Waals surface area contributed by atoms with Gasteiger partial charge in [-0.05, 0) is 35.8 Å². The molecule has 30 heavy (non-hydrogen) atoms. The lowest BCUT2D eigenvalue weighted by atomic mass is 10.2. The molecule has 1 aliphatic rings. The van der Waals surface area contributed by atoms with Gasteiger partial charge in [-0.15, -0.1) is 0 Å². The molecule has 0 atom stereocenters. The number of ether oxygens (including phenoxy) is 1. The highest BCUT2D eigenvalue weighted by molar-refractivity contribution is 8.26. The lowest BCUT2D eigenvalue weighted by Crippen LogP contribution is -2.31. The number of thioether (sulfide) groups is 1. The van der Waals surface area contributed by atoms with E-state index in [4.69, 9.17) is 17.0 Å². The first-order chi connectivity index (χ1) is 14.5. The molecule has 156 valence electrons. The van der Waals surface area contributed by atoms with Crippen LogP contribution in [0.1, 0.15) is 24.0 Å². The van der Waals surface area contributed by atoms with Gasteiger partial charge in [0.1, 0.15) is 10.1 Å². The van der Waals surface area contributed by atoms with Crippen LogP contribution in [-0.4, -0.2) is 46.6 Å². The lowest BCUT2D eigenvalue weighted by Gasteiger charge is -2.19. The Bertz CT molecular complexity index is 960. The maximum absolute atomic E-state index is 12.7. The average Bonchev–Trinajstić information content (AvgIpc) is 3.01. The van der Waals surface area contributed by atoms with Gasteiger partial charge >= 0.3 is 0 Å². The lowest BCUT2D eigenvalue weighted by molar-refractivity contribution is -0.131. The summed E-state index contributed by atoms with van der Waals surface area (Å²) in [5, 5.41) is 0. The van der Waals surface area contributed by atoms with Crippen molar-refractivity contribution in [3.63, 3.8) is 0 Å². The average molecular weight is 441 g/mol. The van der Waals surface area contributed by atoms with Crippen molar-refractivity contribution in [2.45, 2.75) is 19.4 Å². The van der Waals surface area contributed by atoms with E-state index in [2.05, 4.69) is 0 Å².